The average molecular weight is 427 g/mol. The number of hydrogen-bond donors (Lipinski definition) is 0. The third-order valence-corrected chi connectivity index (χ3v) is 5.90. The highest BCUT2D eigenvalue weighted by atomic mass is 16.7. The first kappa shape index (κ1) is 22.2. The molecule has 1 fully saturated rings. The number of benzene rings is 2. The molecule has 3 atom stereocenters. The summed E-state index contributed by atoms with van der Waals surface area (Å²) in [7, 11) is 0. The third kappa shape index (κ3) is 5.82. The lowest BCUT2D eigenvalue weighted by atomic mass is 10.1. The molecule has 0 radical (unpaired) electrons. The number of aromatic nitrogens is 1. The summed E-state index contributed by atoms with van der Waals surface area (Å²) in [5.41, 5.74) is 5.82. The van der Waals surface area contributed by atoms with E-state index in [4.69, 9.17) is 9.47 Å². The Morgan fingerprint density at radius 3 is 2.12 bits per heavy atom. The summed E-state index contributed by atoms with van der Waals surface area (Å²) in [4.78, 5) is 0. The normalized spacial score (nSPS) is 21.0. The standard InChI is InChI=1S/C29H32NO2/c1-4-23-6-10-26(11-7-23)21-30-18-16-25(17-19-30)9-8-24-12-14-27(15-13-24)29-31-22(3)20-28(5-2)32-29/h4,6-19,22,28-29H,1,5,20-21H2,2-3H3/q+1. The lowest BCUT2D eigenvalue weighted by Crippen LogP contribution is -2.33. The van der Waals surface area contributed by atoms with Crippen molar-refractivity contribution < 1.29 is 14.0 Å². The van der Waals surface area contributed by atoms with E-state index in [1.807, 2.05) is 6.08 Å². The molecule has 3 heteroatoms. The van der Waals surface area contributed by atoms with Crippen LogP contribution in [0.1, 0.15) is 60.8 Å². The van der Waals surface area contributed by atoms with Crippen LogP contribution >= 0.6 is 0 Å². The Morgan fingerprint density at radius 1 is 0.875 bits per heavy atom. The maximum absolute atomic E-state index is 6.08. The molecule has 2 aromatic carbocycles. The quantitative estimate of drug-likeness (QED) is 0.406. The monoisotopic (exact) mass is 426 g/mol. The highest BCUT2D eigenvalue weighted by molar-refractivity contribution is 5.69. The molecular weight excluding hydrogens is 394 g/mol. The van der Waals surface area contributed by atoms with Gasteiger partial charge in [-0.3, -0.25) is 0 Å². The molecule has 0 N–H and O–H groups in total. The molecule has 0 bridgehead atoms. The van der Waals surface area contributed by atoms with Gasteiger partial charge in [-0.15, -0.1) is 0 Å². The Labute approximate surface area is 191 Å². The van der Waals surface area contributed by atoms with Crippen LogP contribution in [0.3, 0.4) is 0 Å². The molecule has 0 amide bonds. The fourth-order valence-corrected chi connectivity index (χ4v) is 3.93. The van der Waals surface area contributed by atoms with Crippen molar-refractivity contribution in [3.63, 3.8) is 0 Å². The molecular formula is C29H32NO2+. The minimum atomic E-state index is -0.265. The molecule has 2 heterocycles. The Bertz CT molecular complexity index is 1040. The molecule has 32 heavy (non-hydrogen) atoms. The fraction of sp³-hybridized carbons (Fsp3) is 0.276. The van der Waals surface area contributed by atoms with Crippen LogP contribution in [0.2, 0.25) is 0 Å². The lowest BCUT2D eigenvalue weighted by Gasteiger charge is -2.34. The topological polar surface area (TPSA) is 22.3 Å². The van der Waals surface area contributed by atoms with Gasteiger partial charge in [0.1, 0.15) is 0 Å². The van der Waals surface area contributed by atoms with Crippen molar-refractivity contribution >= 4 is 18.2 Å². The molecule has 1 aliphatic rings. The van der Waals surface area contributed by atoms with Crippen LogP contribution in [0.4, 0.5) is 0 Å². The van der Waals surface area contributed by atoms with E-state index in [0.29, 0.717) is 0 Å². The second kappa shape index (κ2) is 10.5. The van der Waals surface area contributed by atoms with Gasteiger partial charge in [-0.1, -0.05) is 80.3 Å². The van der Waals surface area contributed by atoms with E-state index >= 15 is 0 Å². The summed E-state index contributed by atoms with van der Waals surface area (Å²) in [5.74, 6) is 0. The van der Waals surface area contributed by atoms with Gasteiger partial charge in [-0.2, -0.15) is 0 Å². The summed E-state index contributed by atoms with van der Waals surface area (Å²) >= 11 is 0. The Hall–Kier alpha value is -3.01. The highest BCUT2D eigenvalue weighted by Gasteiger charge is 2.27. The van der Waals surface area contributed by atoms with Crippen LogP contribution in [0, 0.1) is 0 Å². The van der Waals surface area contributed by atoms with Gasteiger partial charge in [-0.05, 0) is 36.5 Å². The molecule has 0 aliphatic carbocycles. The van der Waals surface area contributed by atoms with E-state index in [9.17, 15) is 0 Å². The van der Waals surface area contributed by atoms with Gasteiger partial charge in [0.05, 0.1) is 12.2 Å². The minimum Gasteiger partial charge on any atom is -0.345 e. The van der Waals surface area contributed by atoms with Gasteiger partial charge in [0.25, 0.3) is 0 Å². The van der Waals surface area contributed by atoms with E-state index in [1.165, 1.54) is 11.1 Å². The molecule has 1 saturated heterocycles. The summed E-state index contributed by atoms with van der Waals surface area (Å²) in [6, 6.07) is 21.2. The van der Waals surface area contributed by atoms with Crippen molar-refractivity contribution in [2.75, 3.05) is 0 Å². The van der Waals surface area contributed by atoms with E-state index in [2.05, 4.69) is 110 Å². The average Bonchev–Trinajstić information content (AvgIpc) is 2.84. The Morgan fingerprint density at radius 2 is 1.50 bits per heavy atom. The van der Waals surface area contributed by atoms with E-state index < -0.39 is 0 Å². The maximum Gasteiger partial charge on any atom is 0.184 e. The zero-order valence-electron chi connectivity index (χ0n) is 19.0. The van der Waals surface area contributed by atoms with Crippen LogP contribution in [-0.4, -0.2) is 12.2 Å². The highest BCUT2D eigenvalue weighted by Crippen LogP contribution is 2.31. The van der Waals surface area contributed by atoms with E-state index in [-0.39, 0.29) is 18.5 Å². The molecule has 164 valence electrons. The number of ether oxygens (including phenoxy) is 2. The maximum atomic E-state index is 6.08. The SMILES string of the molecule is C=Cc1ccc(C[n+]2ccc(C=Cc3ccc(C4OC(C)CC(CC)O4)cc3)cc2)cc1. The summed E-state index contributed by atoms with van der Waals surface area (Å²) in [6.07, 6.45) is 12.6. The predicted molar refractivity (Wildman–Crippen MR) is 131 cm³/mol. The van der Waals surface area contributed by atoms with Crippen molar-refractivity contribution in [3.8, 4) is 0 Å². The number of nitrogens with zero attached hydrogens (tertiary/aromatic N) is 1. The number of pyridine rings is 1. The smallest absolute Gasteiger partial charge is 0.184 e. The van der Waals surface area contributed by atoms with Crippen molar-refractivity contribution in [1.29, 1.82) is 0 Å². The lowest BCUT2D eigenvalue weighted by molar-refractivity contribution is -0.688. The molecule has 1 aliphatic heterocycles. The first-order valence-electron chi connectivity index (χ1n) is 11.4. The molecule has 0 saturated carbocycles. The number of rotatable bonds is 7. The van der Waals surface area contributed by atoms with Gasteiger partial charge in [-0.25, -0.2) is 4.57 Å². The van der Waals surface area contributed by atoms with Crippen LogP contribution in [-0.2, 0) is 16.0 Å². The van der Waals surface area contributed by atoms with Crippen molar-refractivity contribution in [2.45, 2.75) is 51.7 Å². The van der Waals surface area contributed by atoms with Crippen LogP contribution < -0.4 is 4.57 Å². The Kier molecular flexibility index (Phi) is 7.31. The summed E-state index contributed by atoms with van der Waals surface area (Å²) in [6.45, 7) is 8.95. The molecule has 1 aromatic heterocycles. The van der Waals surface area contributed by atoms with Gasteiger partial charge in [0.15, 0.2) is 25.2 Å². The van der Waals surface area contributed by atoms with Crippen molar-refractivity contribution in [1.82, 2.24) is 0 Å². The third-order valence-electron chi connectivity index (χ3n) is 5.90. The first-order chi connectivity index (χ1) is 15.6. The zero-order valence-corrected chi connectivity index (χ0v) is 19.0. The van der Waals surface area contributed by atoms with Crippen LogP contribution in [0.25, 0.3) is 18.2 Å². The van der Waals surface area contributed by atoms with E-state index in [1.54, 1.807) is 0 Å². The first-order valence-corrected chi connectivity index (χ1v) is 11.4. The van der Waals surface area contributed by atoms with Gasteiger partial charge < -0.3 is 9.47 Å². The van der Waals surface area contributed by atoms with Crippen molar-refractivity contribution in [3.05, 3.63) is 107 Å². The van der Waals surface area contributed by atoms with Crippen molar-refractivity contribution in [2.24, 2.45) is 0 Å². The zero-order chi connectivity index (χ0) is 22.3. The van der Waals surface area contributed by atoms with Gasteiger partial charge >= 0.3 is 0 Å². The molecule has 3 nitrogen and oxygen atoms in total. The largest absolute Gasteiger partial charge is 0.345 e. The summed E-state index contributed by atoms with van der Waals surface area (Å²) in [5, 5.41) is 0. The minimum absolute atomic E-state index is 0.227. The second-order valence-electron chi connectivity index (χ2n) is 8.43. The van der Waals surface area contributed by atoms with Gasteiger partial charge in [0.2, 0.25) is 0 Å². The number of hydrogen-bond acceptors (Lipinski definition) is 2. The molecule has 4 rings (SSSR count). The second-order valence-corrected chi connectivity index (χ2v) is 8.43. The Balaban J connectivity index is 1.36. The van der Waals surface area contributed by atoms with Crippen LogP contribution in [0.5, 0.6) is 0 Å². The van der Waals surface area contributed by atoms with Crippen LogP contribution in [0.15, 0.2) is 79.6 Å². The summed E-state index contributed by atoms with van der Waals surface area (Å²) < 4.78 is 14.3. The molecule has 0 spiro atoms. The van der Waals surface area contributed by atoms with Gasteiger partial charge in [0, 0.05) is 23.3 Å². The van der Waals surface area contributed by atoms with E-state index in [0.717, 1.165) is 36.1 Å². The molecule has 3 aromatic rings. The predicted octanol–water partition coefficient (Wildman–Crippen LogP) is 6.44. The fourth-order valence-electron chi connectivity index (χ4n) is 3.93. The molecule has 3 unspecified atom stereocenters.